The number of fused-ring (bicyclic) bond motifs is 1. The second kappa shape index (κ2) is 6.81. The Labute approximate surface area is 134 Å². The summed E-state index contributed by atoms with van der Waals surface area (Å²) in [5, 5.41) is 10.9. The molecule has 1 aromatic carbocycles. The highest BCUT2D eigenvalue weighted by Gasteiger charge is 2.26. The van der Waals surface area contributed by atoms with Crippen LogP contribution in [-0.4, -0.2) is 39.4 Å². The first kappa shape index (κ1) is 17.6. The Morgan fingerprint density at radius 3 is 2.42 bits per heavy atom. The zero-order valence-electron chi connectivity index (χ0n) is 12.8. The molecule has 0 bridgehead atoms. The Hall–Kier alpha value is -2.71. The molecule has 0 spiro atoms. The van der Waals surface area contributed by atoms with Gasteiger partial charge in [0, 0.05) is 12.5 Å². The number of benzene rings is 1. The normalized spacial score (nSPS) is 12.4. The monoisotopic (exact) mass is 341 g/mol. The number of alkyl halides is 2. The van der Waals surface area contributed by atoms with E-state index in [1.807, 2.05) is 5.32 Å². The van der Waals surface area contributed by atoms with Gasteiger partial charge in [-0.3, -0.25) is 4.79 Å². The van der Waals surface area contributed by atoms with Gasteiger partial charge in [-0.1, -0.05) is 0 Å². The first-order valence-electron chi connectivity index (χ1n) is 6.95. The lowest BCUT2D eigenvalue weighted by atomic mass is 10.1. The highest BCUT2D eigenvalue weighted by atomic mass is 19.3. The Morgan fingerprint density at radius 1 is 1.21 bits per heavy atom. The van der Waals surface area contributed by atoms with E-state index >= 15 is 0 Å². The molecule has 2 N–H and O–H groups in total. The van der Waals surface area contributed by atoms with E-state index in [2.05, 4.69) is 9.97 Å². The Balaban J connectivity index is 2.45. The van der Waals surface area contributed by atoms with Gasteiger partial charge in [0.2, 0.25) is 6.43 Å². The maximum Gasteiger partial charge on any atom is 0.326 e. The summed E-state index contributed by atoms with van der Waals surface area (Å²) in [4.78, 5) is 31.5. The van der Waals surface area contributed by atoms with E-state index in [1.165, 1.54) is 0 Å². The number of amides is 1. The zero-order chi connectivity index (χ0) is 18.0. The second-order valence-electron chi connectivity index (χ2n) is 5.21. The summed E-state index contributed by atoms with van der Waals surface area (Å²) < 4.78 is 38.5. The van der Waals surface area contributed by atoms with Gasteiger partial charge in [-0.2, -0.15) is 0 Å². The van der Waals surface area contributed by atoms with Gasteiger partial charge in [0.15, 0.2) is 0 Å². The topological polar surface area (TPSA) is 92.2 Å². The summed E-state index contributed by atoms with van der Waals surface area (Å²) in [5.41, 5.74) is 0.967. The molecule has 0 aliphatic rings. The van der Waals surface area contributed by atoms with Crippen LogP contribution in [0, 0.1) is 19.7 Å². The van der Waals surface area contributed by atoms with Gasteiger partial charge in [-0.15, -0.1) is 0 Å². The summed E-state index contributed by atoms with van der Waals surface area (Å²) in [5.74, 6) is -3.39. The third kappa shape index (κ3) is 3.79. The molecular formula is C15H14F3N3O3. The maximum atomic E-state index is 13.7. The van der Waals surface area contributed by atoms with Crippen LogP contribution < -0.4 is 5.32 Å². The van der Waals surface area contributed by atoms with Gasteiger partial charge in [0.1, 0.15) is 17.4 Å². The number of carbonyl (C=O) groups excluding carboxylic acids is 1. The van der Waals surface area contributed by atoms with Crippen LogP contribution in [0.1, 0.15) is 28.2 Å². The molecule has 0 fully saturated rings. The Bertz CT molecular complexity index is 811. The fourth-order valence-corrected chi connectivity index (χ4v) is 2.11. The van der Waals surface area contributed by atoms with E-state index in [-0.39, 0.29) is 16.6 Å². The molecular weight excluding hydrogens is 327 g/mol. The van der Waals surface area contributed by atoms with Crippen molar-refractivity contribution < 1.29 is 27.9 Å². The summed E-state index contributed by atoms with van der Waals surface area (Å²) in [6.07, 6.45) is -3.97. The van der Waals surface area contributed by atoms with Crippen LogP contribution >= 0.6 is 0 Å². The van der Waals surface area contributed by atoms with Crippen LogP contribution in [0.15, 0.2) is 12.1 Å². The number of aryl methyl sites for hydroxylation is 2. The number of nitrogens with one attached hydrogen (secondary N) is 1. The first-order chi connectivity index (χ1) is 11.2. The number of aromatic nitrogens is 2. The lowest BCUT2D eigenvalue weighted by Crippen LogP contribution is -2.42. The molecule has 1 aromatic heterocycles. The molecule has 1 unspecified atom stereocenters. The fraction of sp³-hybridized carbons (Fsp3) is 0.333. The highest BCUT2D eigenvalue weighted by Crippen LogP contribution is 2.19. The number of carboxylic acids is 1. The van der Waals surface area contributed by atoms with Gasteiger partial charge in [-0.05, 0) is 19.9 Å². The fourth-order valence-electron chi connectivity index (χ4n) is 2.11. The highest BCUT2D eigenvalue weighted by molar-refractivity contribution is 6.05. The Kier molecular flexibility index (Phi) is 5.01. The average molecular weight is 341 g/mol. The molecule has 0 saturated carbocycles. The third-order valence-corrected chi connectivity index (χ3v) is 3.41. The molecule has 0 radical (unpaired) electrons. The first-order valence-corrected chi connectivity index (χ1v) is 6.95. The molecule has 1 atom stereocenters. The quantitative estimate of drug-likeness (QED) is 0.870. The van der Waals surface area contributed by atoms with Crippen LogP contribution in [0.4, 0.5) is 13.2 Å². The van der Waals surface area contributed by atoms with Crippen LogP contribution in [0.25, 0.3) is 11.0 Å². The number of aliphatic carboxylic acids is 1. The number of hydrogen-bond acceptors (Lipinski definition) is 4. The molecule has 0 aliphatic heterocycles. The minimum Gasteiger partial charge on any atom is -0.480 e. The number of nitrogens with zero attached hydrogens (tertiary/aromatic N) is 2. The van der Waals surface area contributed by atoms with Crippen LogP contribution in [0.2, 0.25) is 0 Å². The van der Waals surface area contributed by atoms with Crippen molar-refractivity contribution in [2.75, 3.05) is 0 Å². The van der Waals surface area contributed by atoms with E-state index in [0.29, 0.717) is 11.4 Å². The van der Waals surface area contributed by atoms with Crippen molar-refractivity contribution in [1.82, 2.24) is 15.3 Å². The van der Waals surface area contributed by atoms with Gasteiger partial charge < -0.3 is 10.4 Å². The van der Waals surface area contributed by atoms with E-state index in [1.54, 1.807) is 13.8 Å². The molecule has 2 aromatic rings. The number of carbonyl (C=O) groups is 2. The van der Waals surface area contributed by atoms with Crippen LogP contribution in [0.5, 0.6) is 0 Å². The van der Waals surface area contributed by atoms with E-state index in [4.69, 9.17) is 5.11 Å². The molecule has 1 amide bonds. The SMILES string of the molecule is Cc1nc2cc(F)cc(C(=O)NC(CC(F)F)C(=O)O)c2nc1C. The lowest BCUT2D eigenvalue weighted by molar-refractivity contribution is -0.140. The van der Waals surface area contributed by atoms with E-state index < -0.39 is 36.6 Å². The molecule has 9 heteroatoms. The van der Waals surface area contributed by atoms with E-state index in [0.717, 1.165) is 12.1 Å². The van der Waals surface area contributed by atoms with Gasteiger partial charge in [0.25, 0.3) is 5.91 Å². The van der Waals surface area contributed by atoms with Crippen molar-refractivity contribution in [2.24, 2.45) is 0 Å². The van der Waals surface area contributed by atoms with Crippen molar-refractivity contribution in [3.8, 4) is 0 Å². The predicted molar refractivity (Wildman–Crippen MR) is 78.5 cm³/mol. The van der Waals surface area contributed by atoms with Gasteiger partial charge in [0.05, 0.1) is 22.5 Å². The smallest absolute Gasteiger partial charge is 0.326 e. The molecule has 2 rings (SSSR count). The maximum absolute atomic E-state index is 13.7. The number of carboxylic acid groups (broad SMARTS) is 1. The number of halogens is 3. The molecule has 128 valence electrons. The standard InChI is InChI=1S/C15H14F3N3O3/c1-6-7(2)20-13-9(3-8(16)4-10(13)19-6)14(22)21-11(15(23)24)5-12(17)18/h3-4,11-12H,5H2,1-2H3,(H,21,22)(H,23,24). The number of hydrogen-bond donors (Lipinski definition) is 2. The predicted octanol–water partition coefficient (Wildman–Crippen LogP) is 2.22. The van der Waals surface area contributed by atoms with Crippen molar-refractivity contribution in [3.05, 3.63) is 34.9 Å². The Morgan fingerprint density at radius 2 is 1.83 bits per heavy atom. The van der Waals surface area contributed by atoms with Crippen LogP contribution in [-0.2, 0) is 4.79 Å². The van der Waals surface area contributed by atoms with Gasteiger partial charge in [-0.25, -0.2) is 27.9 Å². The zero-order valence-corrected chi connectivity index (χ0v) is 12.8. The minimum atomic E-state index is -2.92. The van der Waals surface area contributed by atoms with Gasteiger partial charge >= 0.3 is 5.97 Å². The van der Waals surface area contributed by atoms with Crippen molar-refractivity contribution >= 4 is 22.9 Å². The average Bonchev–Trinajstić information content (AvgIpc) is 2.46. The minimum absolute atomic E-state index is 0.0678. The molecule has 0 aliphatic carbocycles. The largest absolute Gasteiger partial charge is 0.480 e. The van der Waals surface area contributed by atoms with Crippen molar-refractivity contribution in [3.63, 3.8) is 0 Å². The molecule has 24 heavy (non-hydrogen) atoms. The second-order valence-corrected chi connectivity index (χ2v) is 5.21. The van der Waals surface area contributed by atoms with Crippen LogP contribution in [0.3, 0.4) is 0 Å². The summed E-state index contributed by atoms with van der Waals surface area (Å²) in [7, 11) is 0. The third-order valence-electron chi connectivity index (χ3n) is 3.41. The number of rotatable bonds is 5. The lowest BCUT2D eigenvalue weighted by Gasteiger charge is -2.15. The molecule has 1 heterocycles. The molecule has 0 saturated heterocycles. The van der Waals surface area contributed by atoms with E-state index in [9.17, 15) is 22.8 Å². The summed E-state index contributed by atoms with van der Waals surface area (Å²) in [6, 6.07) is 0.150. The van der Waals surface area contributed by atoms with Crippen molar-refractivity contribution in [2.45, 2.75) is 32.7 Å². The summed E-state index contributed by atoms with van der Waals surface area (Å²) in [6.45, 7) is 3.30. The summed E-state index contributed by atoms with van der Waals surface area (Å²) >= 11 is 0. The van der Waals surface area contributed by atoms with Crippen molar-refractivity contribution in [1.29, 1.82) is 0 Å². The molecule has 6 nitrogen and oxygen atoms in total.